The molecule has 1 unspecified atom stereocenters. The Morgan fingerprint density at radius 3 is 2.50 bits per heavy atom. The molecule has 0 spiro atoms. The van der Waals surface area contributed by atoms with E-state index in [0.717, 1.165) is 25.4 Å². The van der Waals surface area contributed by atoms with E-state index >= 15 is 0 Å². The molecule has 0 fully saturated rings. The Morgan fingerprint density at radius 1 is 1.22 bits per heavy atom. The summed E-state index contributed by atoms with van der Waals surface area (Å²) in [4.78, 5) is 2.60. The molecule has 18 heavy (non-hydrogen) atoms. The second kappa shape index (κ2) is 6.35. The minimum atomic E-state index is 0.528. The standard InChI is InChI=1S/C16H26N2/c1-3-13(4-2)11-18-12-15-8-6-5-7-14(15)9-16(18)10-17/h5-8,13,16H,3-4,9-12,17H2,1-2H3. The summed E-state index contributed by atoms with van der Waals surface area (Å²) >= 11 is 0. The second-order valence-electron chi connectivity index (χ2n) is 5.47. The fraction of sp³-hybridized carbons (Fsp3) is 0.625. The van der Waals surface area contributed by atoms with Gasteiger partial charge in [0, 0.05) is 25.7 Å². The van der Waals surface area contributed by atoms with Crippen LogP contribution >= 0.6 is 0 Å². The quantitative estimate of drug-likeness (QED) is 0.865. The summed E-state index contributed by atoms with van der Waals surface area (Å²) in [5, 5.41) is 0. The highest BCUT2D eigenvalue weighted by molar-refractivity contribution is 5.30. The summed E-state index contributed by atoms with van der Waals surface area (Å²) in [6.07, 6.45) is 3.66. The Hall–Kier alpha value is -0.860. The summed E-state index contributed by atoms with van der Waals surface area (Å²) < 4.78 is 0. The van der Waals surface area contributed by atoms with Gasteiger partial charge in [0.15, 0.2) is 0 Å². The van der Waals surface area contributed by atoms with Crippen molar-refractivity contribution in [2.45, 2.75) is 45.7 Å². The normalized spacial score (nSPS) is 20.1. The van der Waals surface area contributed by atoms with Crippen LogP contribution in [0.3, 0.4) is 0 Å². The highest BCUT2D eigenvalue weighted by atomic mass is 15.2. The zero-order chi connectivity index (χ0) is 13.0. The molecular weight excluding hydrogens is 220 g/mol. The van der Waals surface area contributed by atoms with Crippen molar-refractivity contribution < 1.29 is 0 Å². The van der Waals surface area contributed by atoms with Crippen molar-refractivity contribution in [2.24, 2.45) is 11.7 Å². The van der Waals surface area contributed by atoms with Crippen LogP contribution in [0.1, 0.15) is 37.8 Å². The first kappa shape index (κ1) is 13.6. The predicted molar refractivity (Wildman–Crippen MR) is 77.5 cm³/mol. The van der Waals surface area contributed by atoms with Crippen LogP contribution in [0.2, 0.25) is 0 Å². The van der Waals surface area contributed by atoms with Gasteiger partial charge in [0.2, 0.25) is 0 Å². The molecule has 2 nitrogen and oxygen atoms in total. The van der Waals surface area contributed by atoms with E-state index < -0.39 is 0 Å². The van der Waals surface area contributed by atoms with Gasteiger partial charge in [-0.2, -0.15) is 0 Å². The van der Waals surface area contributed by atoms with Gasteiger partial charge in [-0.25, -0.2) is 0 Å². The Labute approximate surface area is 111 Å². The fourth-order valence-electron chi connectivity index (χ4n) is 2.97. The van der Waals surface area contributed by atoms with Crippen LogP contribution in [0.4, 0.5) is 0 Å². The zero-order valence-electron chi connectivity index (χ0n) is 11.7. The Kier molecular flexibility index (Phi) is 4.79. The molecule has 100 valence electrons. The lowest BCUT2D eigenvalue weighted by atomic mass is 9.92. The van der Waals surface area contributed by atoms with Gasteiger partial charge in [0.05, 0.1) is 0 Å². The van der Waals surface area contributed by atoms with Gasteiger partial charge >= 0.3 is 0 Å². The minimum absolute atomic E-state index is 0.528. The summed E-state index contributed by atoms with van der Waals surface area (Å²) in [5.41, 5.74) is 8.96. The first-order valence-corrected chi connectivity index (χ1v) is 7.29. The molecule has 0 amide bonds. The van der Waals surface area contributed by atoms with E-state index in [1.165, 1.54) is 30.5 Å². The van der Waals surface area contributed by atoms with Gasteiger partial charge in [-0.1, -0.05) is 51.0 Å². The van der Waals surface area contributed by atoms with Gasteiger partial charge < -0.3 is 5.73 Å². The number of nitrogens with two attached hydrogens (primary N) is 1. The summed E-state index contributed by atoms with van der Waals surface area (Å²) in [5.74, 6) is 0.810. The molecule has 1 aromatic rings. The topological polar surface area (TPSA) is 29.3 Å². The lowest BCUT2D eigenvalue weighted by Crippen LogP contribution is -2.46. The van der Waals surface area contributed by atoms with Crippen molar-refractivity contribution in [2.75, 3.05) is 13.1 Å². The molecule has 2 N–H and O–H groups in total. The van der Waals surface area contributed by atoms with Gasteiger partial charge in [-0.15, -0.1) is 0 Å². The molecular formula is C16H26N2. The molecule has 1 aliphatic rings. The van der Waals surface area contributed by atoms with Crippen LogP contribution in [0, 0.1) is 5.92 Å². The van der Waals surface area contributed by atoms with E-state index in [1.807, 2.05) is 0 Å². The highest BCUT2D eigenvalue weighted by Crippen LogP contribution is 2.24. The molecule has 0 saturated heterocycles. The summed E-state index contributed by atoms with van der Waals surface area (Å²) in [6, 6.07) is 9.34. The Balaban J connectivity index is 2.11. The number of benzene rings is 1. The molecule has 2 rings (SSSR count). The first-order valence-electron chi connectivity index (χ1n) is 7.29. The highest BCUT2D eigenvalue weighted by Gasteiger charge is 2.25. The molecule has 2 heteroatoms. The number of hydrogen-bond acceptors (Lipinski definition) is 2. The third-order valence-electron chi connectivity index (χ3n) is 4.38. The Bertz CT molecular complexity index is 371. The van der Waals surface area contributed by atoms with E-state index in [0.29, 0.717) is 6.04 Å². The summed E-state index contributed by atoms with van der Waals surface area (Å²) in [7, 11) is 0. The summed E-state index contributed by atoms with van der Waals surface area (Å²) in [6.45, 7) is 7.64. The lowest BCUT2D eigenvalue weighted by Gasteiger charge is -2.38. The average Bonchev–Trinajstić information content (AvgIpc) is 2.43. The largest absolute Gasteiger partial charge is 0.329 e. The van der Waals surface area contributed by atoms with E-state index in [-0.39, 0.29) is 0 Å². The molecule has 0 aromatic heterocycles. The maximum absolute atomic E-state index is 5.97. The van der Waals surface area contributed by atoms with Crippen molar-refractivity contribution in [3.63, 3.8) is 0 Å². The number of rotatable bonds is 5. The van der Waals surface area contributed by atoms with Crippen LogP contribution in [-0.2, 0) is 13.0 Å². The van der Waals surface area contributed by atoms with Crippen LogP contribution in [0.25, 0.3) is 0 Å². The molecule has 0 bridgehead atoms. The molecule has 0 radical (unpaired) electrons. The molecule has 1 aliphatic heterocycles. The van der Waals surface area contributed by atoms with Gasteiger partial charge in [0.1, 0.15) is 0 Å². The fourth-order valence-corrected chi connectivity index (χ4v) is 2.97. The van der Waals surface area contributed by atoms with E-state index in [2.05, 4.69) is 43.0 Å². The molecule has 0 saturated carbocycles. The van der Waals surface area contributed by atoms with Crippen molar-refractivity contribution in [1.29, 1.82) is 0 Å². The van der Waals surface area contributed by atoms with E-state index in [1.54, 1.807) is 0 Å². The van der Waals surface area contributed by atoms with Crippen LogP contribution in [0.5, 0.6) is 0 Å². The van der Waals surface area contributed by atoms with Crippen LogP contribution < -0.4 is 5.73 Å². The van der Waals surface area contributed by atoms with Crippen molar-refractivity contribution in [3.8, 4) is 0 Å². The zero-order valence-corrected chi connectivity index (χ0v) is 11.7. The van der Waals surface area contributed by atoms with Crippen molar-refractivity contribution in [3.05, 3.63) is 35.4 Å². The lowest BCUT2D eigenvalue weighted by molar-refractivity contribution is 0.144. The molecule has 0 aliphatic carbocycles. The SMILES string of the molecule is CCC(CC)CN1Cc2ccccc2CC1CN. The molecule has 1 atom stereocenters. The third-order valence-corrected chi connectivity index (χ3v) is 4.38. The van der Waals surface area contributed by atoms with Gasteiger partial charge in [0.25, 0.3) is 0 Å². The maximum Gasteiger partial charge on any atom is 0.0262 e. The average molecular weight is 246 g/mol. The monoisotopic (exact) mass is 246 g/mol. The second-order valence-corrected chi connectivity index (χ2v) is 5.47. The predicted octanol–water partition coefficient (Wildman–Crippen LogP) is 2.81. The van der Waals surface area contributed by atoms with Crippen molar-refractivity contribution in [1.82, 2.24) is 4.90 Å². The van der Waals surface area contributed by atoms with Crippen LogP contribution in [-0.4, -0.2) is 24.0 Å². The maximum atomic E-state index is 5.97. The van der Waals surface area contributed by atoms with Gasteiger partial charge in [-0.3, -0.25) is 4.90 Å². The number of fused-ring (bicyclic) bond motifs is 1. The number of hydrogen-bond donors (Lipinski definition) is 1. The van der Waals surface area contributed by atoms with Crippen molar-refractivity contribution >= 4 is 0 Å². The van der Waals surface area contributed by atoms with E-state index in [4.69, 9.17) is 5.73 Å². The minimum Gasteiger partial charge on any atom is -0.329 e. The van der Waals surface area contributed by atoms with E-state index in [9.17, 15) is 0 Å². The Morgan fingerprint density at radius 2 is 1.89 bits per heavy atom. The van der Waals surface area contributed by atoms with Gasteiger partial charge in [-0.05, 0) is 23.5 Å². The first-order chi connectivity index (χ1) is 8.78. The van der Waals surface area contributed by atoms with Crippen LogP contribution in [0.15, 0.2) is 24.3 Å². The smallest absolute Gasteiger partial charge is 0.0262 e. The number of nitrogens with zero attached hydrogens (tertiary/aromatic N) is 1. The molecule has 1 heterocycles. The third kappa shape index (κ3) is 2.93. The molecule has 1 aromatic carbocycles.